The molecule has 1 aromatic heterocycles. The van der Waals surface area contributed by atoms with Gasteiger partial charge in [-0.15, -0.1) is 10.2 Å². The van der Waals surface area contributed by atoms with Crippen molar-refractivity contribution in [3.05, 3.63) is 83.4 Å². The minimum Gasteiger partial charge on any atom is -0.493 e. The van der Waals surface area contributed by atoms with E-state index in [0.717, 1.165) is 63.3 Å². The van der Waals surface area contributed by atoms with Crippen LogP contribution in [-0.4, -0.2) is 33.9 Å². The van der Waals surface area contributed by atoms with E-state index < -0.39 is 0 Å². The van der Waals surface area contributed by atoms with Crippen LogP contribution in [0.15, 0.2) is 76.8 Å². The van der Waals surface area contributed by atoms with Crippen LogP contribution in [0, 0.1) is 0 Å². The minimum absolute atomic E-state index is 0.103. The molecular formula is C39H52N4O3S. The summed E-state index contributed by atoms with van der Waals surface area (Å²) in [5.41, 5.74) is 5.46. The van der Waals surface area contributed by atoms with Gasteiger partial charge in [0.25, 0.3) is 0 Å². The Balaban J connectivity index is 1.43. The van der Waals surface area contributed by atoms with Crippen molar-refractivity contribution in [2.24, 2.45) is 7.05 Å². The number of unbranched alkanes of at least 4 members (excludes halogenated alkanes) is 5. The third-order valence-corrected chi connectivity index (χ3v) is 9.17. The zero-order valence-electron chi connectivity index (χ0n) is 29.1. The highest BCUT2D eigenvalue weighted by atomic mass is 32.2. The summed E-state index contributed by atoms with van der Waals surface area (Å²) >= 11 is 1.59. The number of nitrogens with one attached hydrogen (secondary N) is 1. The standard InChI is InChI=1S/C39H52N4O3S/c1-7-9-11-12-13-25-45-35-27-34(47-38-42-41-37(43(38)6)30-16-19-32(20-17-30)39(3,4)5)23-18-31(35)28-40-33-21-14-29(15-22-33)26-36(44)46-24-10-8-2/h14-23,27,40H,7-13,24-26,28H2,1-6H3. The number of benzene rings is 3. The van der Waals surface area contributed by atoms with E-state index in [-0.39, 0.29) is 17.8 Å². The SMILES string of the molecule is CCCCCCCOc1cc(Sc2nnc(-c3ccc(C(C)(C)C)cc3)n2C)ccc1CNc1ccc(CC(=O)OCCCC)cc1. The summed E-state index contributed by atoms with van der Waals surface area (Å²) in [4.78, 5) is 13.1. The Morgan fingerprint density at radius 3 is 2.28 bits per heavy atom. The maximum atomic E-state index is 12.1. The Morgan fingerprint density at radius 2 is 1.57 bits per heavy atom. The molecule has 1 N–H and O–H groups in total. The normalized spacial score (nSPS) is 11.4. The van der Waals surface area contributed by atoms with Crippen molar-refractivity contribution < 1.29 is 14.3 Å². The zero-order valence-corrected chi connectivity index (χ0v) is 29.9. The Kier molecular flexibility index (Phi) is 13.8. The first-order valence-corrected chi connectivity index (χ1v) is 17.9. The van der Waals surface area contributed by atoms with Gasteiger partial charge in [-0.05, 0) is 65.4 Å². The molecule has 0 aliphatic carbocycles. The monoisotopic (exact) mass is 656 g/mol. The van der Waals surface area contributed by atoms with E-state index in [9.17, 15) is 4.79 Å². The number of carbonyl (C=O) groups is 1. The van der Waals surface area contributed by atoms with Crippen LogP contribution >= 0.6 is 11.8 Å². The fourth-order valence-corrected chi connectivity index (χ4v) is 5.95. The second-order valence-corrected chi connectivity index (χ2v) is 14.2. The Hall–Kier alpha value is -3.78. The van der Waals surface area contributed by atoms with Crippen molar-refractivity contribution >= 4 is 23.4 Å². The number of aromatic nitrogens is 3. The molecular weight excluding hydrogens is 605 g/mol. The predicted octanol–water partition coefficient (Wildman–Crippen LogP) is 9.78. The van der Waals surface area contributed by atoms with Crippen molar-refractivity contribution in [1.82, 2.24) is 14.8 Å². The van der Waals surface area contributed by atoms with Crippen molar-refractivity contribution in [3.8, 4) is 17.1 Å². The molecule has 47 heavy (non-hydrogen) atoms. The van der Waals surface area contributed by atoms with E-state index in [1.54, 1.807) is 11.8 Å². The lowest BCUT2D eigenvalue weighted by Crippen LogP contribution is -2.10. The zero-order chi connectivity index (χ0) is 33.6. The van der Waals surface area contributed by atoms with Gasteiger partial charge in [-0.2, -0.15) is 0 Å². The van der Waals surface area contributed by atoms with Gasteiger partial charge in [-0.3, -0.25) is 4.79 Å². The van der Waals surface area contributed by atoms with E-state index in [0.29, 0.717) is 19.8 Å². The first kappa shape index (κ1) is 36.1. The average molecular weight is 657 g/mol. The molecule has 0 bridgehead atoms. The molecule has 1 heterocycles. The van der Waals surface area contributed by atoms with Gasteiger partial charge in [0, 0.05) is 35.3 Å². The molecule has 0 unspecified atom stereocenters. The summed E-state index contributed by atoms with van der Waals surface area (Å²) in [7, 11) is 2.02. The topological polar surface area (TPSA) is 78.3 Å². The molecule has 3 aromatic carbocycles. The predicted molar refractivity (Wildman–Crippen MR) is 193 cm³/mol. The van der Waals surface area contributed by atoms with Crippen LogP contribution < -0.4 is 10.1 Å². The van der Waals surface area contributed by atoms with Gasteiger partial charge < -0.3 is 19.4 Å². The van der Waals surface area contributed by atoms with E-state index in [1.165, 1.54) is 31.2 Å². The molecule has 4 aromatic rings. The second-order valence-electron chi connectivity index (χ2n) is 13.1. The molecule has 0 saturated carbocycles. The lowest BCUT2D eigenvalue weighted by molar-refractivity contribution is -0.142. The number of hydrogen-bond donors (Lipinski definition) is 1. The fraction of sp³-hybridized carbons (Fsp3) is 0.462. The van der Waals surface area contributed by atoms with E-state index in [2.05, 4.69) is 97.2 Å². The molecule has 4 rings (SSSR count). The minimum atomic E-state index is -0.180. The van der Waals surface area contributed by atoms with Crippen LogP contribution in [0.2, 0.25) is 0 Å². The Labute approximate surface area is 285 Å². The summed E-state index contributed by atoms with van der Waals surface area (Å²) in [6.07, 6.45) is 8.14. The van der Waals surface area contributed by atoms with Crippen molar-refractivity contribution in [2.45, 2.75) is 108 Å². The first-order valence-electron chi connectivity index (χ1n) is 17.1. The maximum absolute atomic E-state index is 12.1. The number of rotatable bonds is 18. The lowest BCUT2D eigenvalue weighted by Gasteiger charge is -2.19. The van der Waals surface area contributed by atoms with Gasteiger partial charge in [0.05, 0.1) is 19.6 Å². The van der Waals surface area contributed by atoms with E-state index >= 15 is 0 Å². The van der Waals surface area contributed by atoms with Crippen LogP contribution in [0.1, 0.15) is 96.3 Å². The van der Waals surface area contributed by atoms with Gasteiger partial charge in [0.1, 0.15) is 5.75 Å². The number of nitrogens with zero attached hydrogens (tertiary/aromatic N) is 3. The van der Waals surface area contributed by atoms with Gasteiger partial charge in [-0.1, -0.05) is 109 Å². The van der Waals surface area contributed by atoms with Crippen LogP contribution in [0.4, 0.5) is 5.69 Å². The summed E-state index contributed by atoms with van der Waals surface area (Å²) in [5.74, 6) is 1.54. The maximum Gasteiger partial charge on any atom is 0.310 e. The lowest BCUT2D eigenvalue weighted by atomic mass is 9.87. The van der Waals surface area contributed by atoms with Gasteiger partial charge in [0.15, 0.2) is 11.0 Å². The number of esters is 1. The summed E-state index contributed by atoms with van der Waals surface area (Å²) in [5, 5.41) is 13.4. The molecule has 252 valence electrons. The molecule has 0 aliphatic rings. The van der Waals surface area contributed by atoms with Gasteiger partial charge in [0.2, 0.25) is 0 Å². The Bertz CT molecular complexity index is 1540. The highest BCUT2D eigenvalue weighted by Crippen LogP contribution is 2.34. The van der Waals surface area contributed by atoms with Crippen molar-refractivity contribution in [1.29, 1.82) is 0 Å². The number of hydrogen-bond acceptors (Lipinski definition) is 7. The molecule has 0 radical (unpaired) electrons. The van der Waals surface area contributed by atoms with Crippen molar-refractivity contribution in [3.63, 3.8) is 0 Å². The summed E-state index contributed by atoms with van der Waals surface area (Å²) in [6, 6.07) is 23.0. The molecule has 0 atom stereocenters. The fourth-order valence-electron chi connectivity index (χ4n) is 5.13. The van der Waals surface area contributed by atoms with Crippen LogP contribution in [-0.2, 0) is 35.0 Å². The summed E-state index contributed by atoms with van der Waals surface area (Å²) in [6.45, 7) is 12.8. The molecule has 0 amide bonds. The largest absolute Gasteiger partial charge is 0.493 e. The number of ether oxygens (including phenoxy) is 2. The molecule has 8 heteroatoms. The van der Waals surface area contributed by atoms with Crippen molar-refractivity contribution in [2.75, 3.05) is 18.5 Å². The molecule has 0 aliphatic heterocycles. The molecule has 0 saturated heterocycles. The van der Waals surface area contributed by atoms with Crippen LogP contribution in [0.25, 0.3) is 11.4 Å². The molecule has 0 spiro atoms. The highest BCUT2D eigenvalue weighted by molar-refractivity contribution is 7.99. The average Bonchev–Trinajstić information content (AvgIpc) is 3.42. The van der Waals surface area contributed by atoms with E-state index in [1.807, 2.05) is 31.3 Å². The molecule has 7 nitrogen and oxygen atoms in total. The quantitative estimate of drug-likeness (QED) is 0.0844. The van der Waals surface area contributed by atoms with E-state index in [4.69, 9.17) is 9.47 Å². The summed E-state index contributed by atoms with van der Waals surface area (Å²) < 4.78 is 13.7. The van der Waals surface area contributed by atoms with Crippen LogP contribution in [0.5, 0.6) is 5.75 Å². The van der Waals surface area contributed by atoms with Gasteiger partial charge in [-0.25, -0.2) is 0 Å². The van der Waals surface area contributed by atoms with Crippen LogP contribution in [0.3, 0.4) is 0 Å². The second kappa shape index (κ2) is 17.9. The third-order valence-electron chi connectivity index (χ3n) is 8.14. The smallest absolute Gasteiger partial charge is 0.310 e. The Morgan fingerprint density at radius 1 is 0.851 bits per heavy atom. The third kappa shape index (κ3) is 11.2. The van der Waals surface area contributed by atoms with Gasteiger partial charge >= 0.3 is 5.97 Å². The highest BCUT2D eigenvalue weighted by Gasteiger charge is 2.17. The molecule has 0 fully saturated rings. The number of anilines is 1. The number of carbonyl (C=O) groups excluding carboxylic acids is 1. The first-order chi connectivity index (χ1) is 22.7.